The van der Waals surface area contributed by atoms with E-state index in [0.717, 1.165) is 0 Å². The molecule has 0 aliphatic carbocycles. The van der Waals surface area contributed by atoms with E-state index in [4.69, 9.17) is 0 Å². The molecular formula is H10CaS5. The van der Waals surface area contributed by atoms with Gasteiger partial charge in [0.1, 0.15) is 0 Å². The van der Waals surface area contributed by atoms with Crippen molar-refractivity contribution < 1.29 is 0 Å². The summed E-state index contributed by atoms with van der Waals surface area (Å²) in [7, 11) is 0. The molecule has 6 heteroatoms. The molecule has 0 spiro atoms. The van der Waals surface area contributed by atoms with Crippen molar-refractivity contribution >= 4 is 105 Å². The zero-order valence-electron chi connectivity index (χ0n) is 3.21. The molecule has 0 fully saturated rings. The van der Waals surface area contributed by atoms with Crippen molar-refractivity contribution in [2.75, 3.05) is 0 Å². The van der Waals surface area contributed by atoms with Gasteiger partial charge in [0.25, 0.3) is 0 Å². The van der Waals surface area contributed by atoms with Crippen LogP contribution in [0.5, 0.6) is 0 Å². The van der Waals surface area contributed by atoms with Gasteiger partial charge in [-0.15, -0.1) is 0 Å². The van der Waals surface area contributed by atoms with E-state index >= 15 is 0 Å². The molecule has 0 atom stereocenters. The second-order valence-electron chi connectivity index (χ2n) is 0. The van der Waals surface area contributed by atoms with Gasteiger partial charge in [-0.25, -0.2) is 0 Å². The fraction of sp³-hybridized carbons (Fsp3) is 0. The Morgan fingerprint density at radius 2 is 0.333 bits per heavy atom. The molecule has 0 N–H and O–H groups in total. The van der Waals surface area contributed by atoms with E-state index < -0.39 is 0 Å². The molecule has 6 heavy (non-hydrogen) atoms. The molecule has 0 unspecified atom stereocenters. The van der Waals surface area contributed by atoms with Crippen molar-refractivity contribution in [2.45, 2.75) is 0 Å². The summed E-state index contributed by atoms with van der Waals surface area (Å²) >= 11 is 0. The standard InChI is InChI=1S/Ca.5H2S/h;5*1H2. The number of hydrogen-bond donors (Lipinski definition) is 0. The third-order valence-electron chi connectivity index (χ3n) is 0. The van der Waals surface area contributed by atoms with Crippen molar-refractivity contribution in [2.24, 2.45) is 0 Å². The number of rotatable bonds is 0. The molecule has 0 aliphatic heterocycles. The number of hydrogen-bond acceptors (Lipinski definition) is 0. The summed E-state index contributed by atoms with van der Waals surface area (Å²) in [6.45, 7) is 0. The van der Waals surface area contributed by atoms with Gasteiger partial charge in [0, 0.05) is 37.7 Å². The maximum atomic E-state index is 0. The summed E-state index contributed by atoms with van der Waals surface area (Å²) in [5, 5.41) is 0. The Morgan fingerprint density at radius 1 is 0.333 bits per heavy atom. The summed E-state index contributed by atoms with van der Waals surface area (Å²) in [6, 6.07) is 0. The molecule has 0 aromatic heterocycles. The molecule has 0 aromatic rings. The fourth-order valence-electron chi connectivity index (χ4n) is 0. The van der Waals surface area contributed by atoms with Crippen LogP contribution in [0.1, 0.15) is 0 Å². The van der Waals surface area contributed by atoms with Gasteiger partial charge >= 0.3 is 0 Å². The van der Waals surface area contributed by atoms with Crippen LogP contribution in [-0.4, -0.2) is 37.7 Å². The summed E-state index contributed by atoms with van der Waals surface area (Å²) < 4.78 is 0. The van der Waals surface area contributed by atoms with Gasteiger partial charge in [-0.3, -0.25) is 0 Å². The Hall–Kier alpha value is 3.01. The summed E-state index contributed by atoms with van der Waals surface area (Å²) in [4.78, 5) is 0. The van der Waals surface area contributed by atoms with Crippen LogP contribution in [-0.2, 0) is 0 Å². The molecule has 0 saturated heterocycles. The SMILES string of the molecule is S.S.S.S.S.[Ca]. The predicted molar refractivity (Wildman–Crippen MR) is 57.7 cm³/mol. The fourth-order valence-corrected chi connectivity index (χ4v) is 0. The Bertz CT molecular complexity index is 3.90. The third-order valence-corrected chi connectivity index (χ3v) is 0. The maximum absolute atomic E-state index is 0. The third kappa shape index (κ3) is 27.9. The van der Waals surface area contributed by atoms with Gasteiger partial charge in [0.2, 0.25) is 0 Å². The first kappa shape index (κ1) is 63.8. The van der Waals surface area contributed by atoms with E-state index in [0.29, 0.717) is 0 Å². The predicted octanol–water partition coefficient (Wildman–Crippen LogP) is 0.183. The quantitative estimate of drug-likeness (QED) is 0.501. The minimum Gasteiger partial charge on any atom is -0.197 e. The zero-order chi connectivity index (χ0) is 0. The molecule has 0 rings (SSSR count). The van der Waals surface area contributed by atoms with E-state index in [9.17, 15) is 0 Å². The second kappa shape index (κ2) is 43.4. The van der Waals surface area contributed by atoms with Crippen LogP contribution in [0.2, 0.25) is 0 Å². The maximum Gasteiger partial charge on any atom is 0 e. The van der Waals surface area contributed by atoms with Crippen molar-refractivity contribution in [1.29, 1.82) is 0 Å². The molecule has 0 bridgehead atoms. The molecule has 0 nitrogen and oxygen atoms in total. The Morgan fingerprint density at radius 3 is 0.333 bits per heavy atom. The first-order chi connectivity index (χ1) is 0. The van der Waals surface area contributed by atoms with Crippen LogP contribution in [0.3, 0.4) is 0 Å². The average Bonchev–Trinajstić information content (AvgIpc) is 0. The van der Waals surface area contributed by atoms with Crippen LogP contribution in [0.25, 0.3) is 0 Å². The van der Waals surface area contributed by atoms with Crippen LogP contribution in [0.15, 0.2) is 0 Å². The first-order valence-electron chi connectivity index (χ1n) is 0. The van der Waals surface area contributed by atoms with Crippen molar-refractivity contribution in [3.05, 3.63) is 0 Å². The van der Waals surface area contributed by atoms with E-state index in [1.54, 1.807) is 0 Å². The Balaban J connectivity index is 0. The van der Waals surface area contributed by atoms with Gasteiger partial charge in [-0.1, -0.05) is 0 Å². The van der Waals surface area contributed by atoms with E-state index in [2.05, 4.69) is 0 Å². The van der Waals surface area contributed by atoms with Crippen LogP contribution in [0.4, 0.5) is 0 Å². The van der Waals surface area contributed by atoms with Crippen molar-refractivity contribution in [1.82, 2.24) is 0 Å². The van der Waals surface area contributed by atoms with Gasteiger partial charge in [0.15, 0.2) is 0 Å². The van der Waals surface area contributed by atoms with Gasteiger partial charge in [-0.2, -0.15) is 67.5 Å². The summed E-state index contributed by atoms with van der Waals surface area (Å²) in [6.07, 6.45) is 0. The first-order valence-corrected chi connectivity index (χ1v) is 0. The zero-order valence-corrected chi connectivity index (χ0v) is 10.4. The normalized spacial score (nSPS) is 0. The van der Waals surface area contributed by atoms with Gasteiger partial charge in [-0.05, 0) is 0 Å². The van der Waals surface area contributed by atoms with Crippen LogP contribution in [0, 0.1) is 0 Å². The average molecular weight is 210 g/mol. The van der Waals surface area contributed by atoms with Gasteiger partial charge in [0.05, 0.1) is 0 Å². The van der Waals surface area contributed by atoms with Crippen molar-refractivity contribution in [3.63, 3.8) is 0 Å². The molecule has 0 saturated carbocycles. The molecular weight excluding hydrogens is 200 g/mol. The molecule has 0 amide bonds. The molecule has 2 radical (unpaired) electrons. The Labute approximate surface area is 103 Å². The van der Waals surface area contributed by atoms with Crippen LogP contribution >= 0.6 is 67.5 Å². The van der Waals surface area contributed by atoms with E-state index in [1.807, 2.05) is 0 Å². The van der Waals surface area contributed by atoms with E-state index in [-0.39, 0.29) is 105 Å². The summed E-state index contributed by atoms with van der Waals surface area (Å²) in [5.74, 6) is 0. The van der Waals surface area contributed by atoms with E-state index in [1.165, 1.54) is 0 Å². The largest absolute Gasteiger partial charge is 0.197 e. The monoisotopic (exact) mass is 210 g/mol. The minimum atomic E-state index is 0. The molecule has 0 aromatic carbocycles. The minimum absolute atomic E-state index is 0. The Kier molecular flexibility index (Phi) is 462. The molecule has 42 valence electrons. The smallest absolute Gasteiger partial charge is 0 e. The van der Waals surface area contributed by atoms with Crippen LogP contribution < -0.4 is 0 Å². The molecule has 0 aliphatic rings. The second-order valence-corrected chi connectivity index (χ2v) is 0. The summed E-state index contributed by atoms with van der Waals surface area (Å²) in [5.41, 5.74) is 0. The van der Waals surface area contributed by atoms with Crippen molar-refractivity contribution in [3.8, 4) is 0 Å². The molecule has 0 heterocycles. The van der Waals surface area contributed by atoms with Gasteiger partial charge < -0.3 is 0 Å². The topological polar surface area (TPSA) is 0 Å².